The molecule has 2 rings (SSSR count). The molecule has 0 fully saturated rings. The van der Waals surface area contributed by atoms with Gasteiger partial charge >= 0.3 is 0 Å². The molecule has 0 unspecified atom stereocenters. The Labute approximate surface area is 123 Å². The van der Waals surface area contributed by atoms with Crippen LogP contribution in [0.5, 0.6) is 0 Å². The molecular formula is C15H19N3OS. The Bertz CT molecular complexity index is 551. The number of carbonyl (C=O) groups is 1. The van der Waals surface area contributed by atoms with E-state index in [4.69, 9.17) is 0 Å². The summed E-state index contributed by atoms with van der Waals surface area (Å²) in [6.07, 6.45) is 0.934. The first kappa shape index (κ1) is 14.7. The Hall–Kier alpha value is -1.72. The van der Waals surface area contributed by atoms with E-state index in [-0.39, 0.29) is 5.91 Å². The number of aromatic nitrogens is 1. The van der Waals surface area contributed by atoms with E-state index < -0.39 is 0 Å². The topological polar surface area (TPSA) is 45.2 Å². The molecule has 0 aliphatic heterocycles. The maximum absolute atomic E-state index is 12.2. The average Bonchev–Trinajstić information content (AvgIpc) is 2.93. The second kappa shape index (κ2) is 7.17. The molecule has 1 aromatic carbocycles. The first-order valence-corrected chi connectivity index (χ1v) is 7.48. The van der Waals surface area contributed by atoms with Gasteiger partial charge in [-0.05, 0) is 32.6 Å². The molecule has 0 atom stereocenters. The number of benzene rings is 1. The monoisotopic (exact) mass is 289 g/mol. The molecule has 1 aromatic heterocycles. The lowest BCUT2D eigenvalue weighted by atomic mass is 10.1. The molecular weight excluding hydrogens is 270 g/mol. The van der Waals surface area contributed by atoms with Crippen LogP contribution in [0.15, 0.2) is 35.8 Å². The molecule has 4 nitrogen and oxygen atoms in total. The molecule has 1 N–H and O–H groups in total. The maximum Gasteiger partial charge on any atom is 0.271 e. The van der Waals surface area contributed by atoms with Crippen molar-refractivity contribution in [2.75, 3.05) is 27.2 Å². The number of carbonyl (C=O) groups excluding carboxylic acids is 1. The van der Waals surface area contributed by atoms with Gasteiger partial charge in [0.1, 0.15) is 5.69 Å². The van der Waals surface area contributed by atoms with Gasteiger partial charge in [-0.25, -0.2) is 4.98 Å². The zero-order valence-electron chi connectivity index (χ0n) is 11.8. The van der Waals surface area contributed by atoms with E-state index in [9.17, 15) is 4.79 Å². The summed E-state index contributed by atoms with van der Waals surface area (Å²) in [6, 6.07) is 9.89. The van der Waals surface area contributed by atoms with E-state index >= 15 is 0 Å². The van der Waals surface area contributed by atoms with E-state index in [1.165, 1.54) is 11.3 Å². The van der Waals surface area contributed by atoms with Gasteiger partial charge in [-0.3, -0.25) is 4.79 Å². The molecule has 0 spiro atoms. The Morgan fingerprint density at radius 3 is 2.75 bits per heavy atom. The lowest BCUT2D eigenvalue weighted by Gasteiger charge is -2.09. The summed E-state index contributed by atoms with van der Waals surface area (Å²) in [7, 11) is 4.05. The summed E-state index contributed by atoms with van der Waals surface area (Å²) in [5.41, 5.74) is 3.27. The minimum Gasteiger partial charge on any atom is -0.351 e. The van der Waals surface area contributed by atoms with E-state index in [0.29, 0.717) is 12.2 Å². The smallest absolute Gasteiger partial charge is 0.271 e. The van der Waals surface area contributed by atoms with Crippen molar-refractivity contribution in [2.24, 2.45) is 0 Å². The highest BCUT2D eigenvalue weighted by atomic mass is 32.1. The van der Waals surface area contributed by atoms with Crippen LogP contribution in [-0.2, 0) is 0 Å². The van der Waals surface area contributed by atoms with Gasteiger partial charge in [0.2, 0.25) is 0 Å². The van der Waals surface area contributed by atoms with Gasteiger partial charge in [0.15, 0.2) is 0 Å². The number of nitrogens with zero attached hydrogens (tertiary/aromatic N) is 2. The third-order valence-electron chi connectivity index (χ3n) is 2.89. The van der Waals surface area contributed by atoms with E-state index in [0.717, 1.165) is 23.4 Å². The van der Waals surface area contributed by atoms with Crippen molar-refractivity contribution in [3.63, 3.8) is 0 Å². The maximum atomic E-state index is 12.2. The molecule has 106 valence electrons. The zero-order chi connectivity index (χ0) is 14.4. The fourth-order valence-electron chi connectivity index (χ4n) is 1.88. The third kappa shape index (κ3) is 3.88. The third-order valence-corrected chi connectivity index (χ3v) is 3.76. The molecule has 0 aliphatic rings. The minimum absolute atomic E-state index is 0.0936. The standard InChI is InChI=1S/C15H19N3OS/c1-18(2)10-6-9-16-15(19)13-14(20-11-17-13)12-7-4-3-5-8-12/h3-5,7-8,11H,6,9-10H2,1-2H3,(H,16,19). The van der Waals surface area contributed by atoms with Crippen LogP contribution in [0.25, 0.3) is 10.4 Å². The normalized spacial score (nSPS) is 10.8. The fraction of sp³-hybridized carbons (Fsp3) is 0.333. The number of amides is 1. The highest BCUT2D eigenvalue weighted by molar-refractivity contribution is 7.13. The van der Waals surface area contributed by atoms with Crippen LogP contribution in [0, 0.1) is 0 Å². The van der Waals surface area contributed by atoms with E-state index in [1.807, 2.05) is 44.4 Å². The number of rotatable bonds is 6. The largest absolute Gasteiger partial charge is 0.351 e. The van der Waals surface area contributed by atoms with E-state index in [1.54, 1.807) is 5.51 Å². The second-order valence-electron chi connectivity index (χ2n) is 4.81. The Morgan fingerprint density at radius 2 is 2.05 bits per heavy atom. The highest BCUT2D eigenvalue weighted by Crippen LogP contribution is 2.27. The highest BCUT2D eigenvalue weighted by Gasteiger charge is 2.15. The van der Waals surface area contributed by atoms with Crippen LogP contribution in [0.1, 0.15) is 16.9 Å². The predicted octanol–water partition coefficient (Wildman–Crippen LogP) is 2.49. The van der Waals surface area contributed by atoms with Gasteiger partial charge < -0.3 is 10.2 Å². The molecule has 0 saturated heterocycles. The van der Waals surface area contributed by atoms with Crippen molar-refractivity contribution >= 4 is 17.2 Å². The van der Waals surface area contributed by atoms with Crippen LogP contribution in [0.4, 0.5) is 0 Å². The number of hydrogen-bond donors (Lipinski definition) is 1. The van der Waals surface area contributed by atoms with Crippen molar-refractivity contribution in [1.29, 1.82) is 0 Å². The van der Waals surface area contributed by atoms with Gasteiger partial charge in [0, 0.05) is 6.54 Å². The SMILES string of the molecule is CN(C)CCCNC(=O)c1ncsc1-c1ccccc1. The number of nitrogens with one attached hydrogen (secondary N) is 1. The van der Waals surface area contributed by atoms with Gasteiger partial charge in [-0.15, -0.1) is 11.3 Å². The summed E-state index contributed by atoms with van der Waals surface area (Å²) in [5.74, 6) is -0.0936. The van der Waals surface area contributed by atoms with Gasteiger partial charge in [0.05, 0.1) is 10.4 Å². The van der Waals surface area contributed by atoms with Crippen LogP contribution in [0.2, 0.25) is 0 Å². The Morgan fingerprint density at radius 1 is 1.30 bits per heavy atom. The average molecular weight is 289 g/mol. The van der Waals surface area contributed by atoms with Gasteiger partial charge in [0.25, 0.3) is 5.91 Å². The second-order valence-corrected chi connectivity index (χ2v) is 5.66. The molecule has 5 heteroatoms. The summed E-state index contributed by atoms with van der Waals surface area (Å²) in [6.45, 7) is 1.63. The molecule has 1 heterocycles. The van der Waals surface area contributed by atoms with Crippen molar-refractivity contribution in [1.82, 2.24) is 15.2 Å². The van der Waals surface area contributed by atoms with E-state index in [2.05, 4.69) is 15.2 Å². The van der Waals surface area contributed by atoms with Crippen LogP contribution in [0.3, 0.4) is 0 Å². The first-order chi connectivity index (χ1) is 9.68. The predicted molar refractivity (Wildman–Crippen MR) is 83.1 cm³/mol. The molecule has 1 amide bonds. The summed E-state index contributed by atoms with van der Waals surface area (Å²) in [4.78, 5) is 19.4. The van der Waals surface area contributed by atoms with Crippen molar-refractivity contribution in [2.45, 2.75) is 6.42 Å². The minimum atomic E-state index is -0.0936. The van der Waals surface area contributed by atoms with Crippen molar-refractivity contribution < 1.29 is 4.79 Å². The zero-order valence-corrected chi connectivity index (χ0v) is 12.6. The molecule has 20 heavy (non-hydrogen) atoms. The summed E-state index contributed by atoms with van der Waals surface area (Å²) in [5, 5.41) is 2.93. The quantitative estimate of drug-likeness (QED) is 0.831. The number of thiazole rings is 1. The Kier molecular flexibility index (Phi) is 5.26. The molecule has 2 aromatic rings. The van der Waals surface area contributed by atoms with Gasteiger partial charge in [-0.1, -0.05) is 30.3 Å². The lowest BCUT2D eigenvalue weighted by Crippen LogP contribution is -2.27. The molecule has 0 saturated carbocycles. The van der Waals surface area contributed by atoms with Crippen LogP contribution >= 0.6 is 11.3 Å². The van der Waals surface area contributed by atoms with Crippen molar-refractivity contribution in [3.05, 3.63) is 41.5 Å². The summed E-state index contributed by atoms with van der Waals surface area (Å²) < 4.78 is 0. The van der Waals surface area contributed by atoms with Crippen LogP contribution in [-0.4, -0.2) is 43.0 Å². The number of hydrogen-bond acceptors (Lipinski definition) is 4. The molecule has 0 aliphatic carbocycles. The molecule has 0 radical (unpaired) electrons. The Balaban J connectivity index is 1.99. The van der Waals surface area contributed by atoms with Crippen molar-refractivity contribution in [3.8, 4) is 10.4 Å². The summed E-state index contributed by atoms with van der Waals surface area (Å²) >= 11 is 1.49. The first-order valence-electron chi connectivity index (χ1n) is 6.60. The van der Waals surface area contributed by atoms with Gasteiger partial charge in [-0.2, -0.15) is 0 Å². The molecule has 0 bridgehead atoms. The lowest BCUT2D eigenvalue weighted by molar-refractivity contribution is 0.0948. The fourth-order valence-corrected chi connectivity index (χ4v) is 2.68. The van der Waals surface area contributed by atoms with Crippen LogP contribution < -0.4 is 5.32 Å².